The van der Waals surface area contributed by atoms with E-state index >= 15 is 0 Å². The van der Waals surface area contributed by atoms with Gasteiger partial charge in [-0.25, -0.2) is 8.42 Å². The van der Waals surface area contributed by atoms with Crippen molar-refractivity contribution in [3.05, 3.63) is 14.7 Å². The normalized spacial score (nSPS) is 12.1. The number of terminal acetylenes is 1. The second kappa shape index (κ2) is 6.86. The maximum atomic E-state index is 12.3. The number of hydrogen-bond acceptors (Lipinski definition) is 4. The van der Waals surface area contributed by atoms with E-state index in [-0.39, 0.29) is 11.4 Å². The van der Waals surface area contributed by atoms with Crippen LogP contribution >= 0.6 is 27.3 Å². The summed E-state index contributed by atoms with van der Waals surface area (Å²) in [7, 11) is -2.05. The highest BCUT2D eigenvalue weighted by atomic mass is 79.9. The van der Waals surface area contributed by atoms with E-state index in [9.17, 15) is 8.42 Å². The van der Waals surface area contributed by atoms with Gasteiger partial charge in [0.1, 0.15) is 4.90 Å². The third-order valence-corrected chi connectivity index (χ3v) is 6.45. The zero-order valence-electron chi connectivity index (χ0n) is 11.1. The molecule has 0 saturated heterocycles. The molecule has 1 rings (SSSR count). The Morgan fingerprint density at radius 3 is 2.74 bits per heavy atom. The lowest BCUT2D eigenvalue weighted by atomic mass is 10.4. The van der Waals surface area contributed by atoms with Crippen molar-refractivity contribution in [1.82, 2.24) is 9.62 Å². The summed E-state index contributed by atoms with van der Waals surface area (Å²) < 4.78 is 26.3. The van der Waals surface area contributed by atoms with E-state index in [1.165, 1.54) is 22.7 Å². The Kier molecular flexibility index (Phi) is 6.02. The maximum absolute atomic E-state index is 12.3. The van der Waals surface area contributed by atoms with Crippen molar-refractivity contribution in [3.63, 3.8) is 0 Å². The van der Waals surface area contributed by atoms with Crippen molar-refractivity contribution in [3.8, 4) is 12.3 Å². The fourth-order valence-corrected chi connectivity index (χ4v) is 5.01. The van der Waals surface area contributed by atoms with E-state index in [2.05, 4.69) is 27.2 Å². The van der Waals surface area contributed by atoms with E-state index in [1.54, 1.807) is 6.07 Å². The Morgan fingerprint density at radius 1 is 1.58 bits per heavy atom. The van der Waals surface area contributed by atoms with E-state index in [0.29, 0.717) is 16.4 Å². The van der Waals surface area contributed by atoms with Gasteiger partial charge in [-0.05, 0) is 22.0 Å². The molecule has 0 radical (unpaired) electrons. The van der Waals surface area contributed by atoms with Gasteiger partial charge in [-0.15, -0.1) is 17.8 Å². The number of thiophene rings is 1. The first-order chi connectivity index (χ1) is 8.78. The molecule has 0 fully saturated rings. The number of hydrogen-bond donors (Lipinski definition) is 1. The molecule has 0 bridgehead atoms. The van der Waals surface area contributed by atoms with Crippen molar-refractivity contribution >= 4 is 37.3 Å². The minimum absolute atomic E-state index is 0.0597. The van der Waals surface area contributed by atoms with E-state index in [0.717, 1.165) is 4.88 Å². The first kappa shape index (κ1) is 16.7. The second-order valence-corrected chi connectivity index (χ2v) is 8.82. The first-order valence-corrected chi connectivity index (χ1v) is 8.75. The Bertz CT molecular complexity index is 573. The molecule has 4 nitrogen and oxygen atoms in total. The SMILES string of the molecule is C#CCN(C)S(=O)(=O)c1cc(CNC(C)C)sc1Br. The average molecular weight is 365 g/mol. The van der Waals surface area contributed by atoms with Crippen molar-refractivity contribution in [2.45, 2.75) is 31.3 Å². The smallest absolute Gasteiger partial charge is 0.245 e. The molecule has 0 aliphatic rings. The Labute approximate surface area is 127 Å². The number of rotatable bonds is 6. The van der Waals surface area contributed by atoms with Crippen LogP contribution in [0.2, 0.25) is 0 Å². The lowest BCUT2D eigenvalue weighted by molar-refractivity contribution is 0.503. The topological polar surface area (TPSA) is 49.4 Å². The fraction of sp³-hybridized carbons (Fsp3) is 0.500. The number of nitrogens with zero attached hydrogens (tertiary/aromatic N) is 1. The molecule has 1 N–H and O–H groups in total. The molecule has 106 valence electrons. The molecule has 1 aromatic heterocycles. The van der Waals surface area contributed by atoms with Gasteiger partial charge in [0.05, 0.1) is 10.3 Å². The number of halogens is 1. The van der Waals surface area contributed by atoms with Gasteiger partial charge in [0.15, 0.2) is 0 Å². The molecule has 7 heteroatoms. The summed E-state index contributed by atoms with van der Waals surface area (Å²) in [6.45, 7) is 4.79. The lowest BCUT2D eigenvalue weighted by Crippen LogP contribution is -2.27. The van der Waals surface area contributed by atoms with Crippen LogP contribution in [-0.2, 0) is 16.6 Å². The van der Waals surface area contributed by atoms with Crippen LogP contribution in [0, 0.1) is 12.3 Å². The van der Waals surface area contributed by atoms with Crippen molar-refractivity contribution in [2.24, 2.45) is 0 Å². The van der Waals surface area contributed by atoms with Gasteiger partial charge >= 0.3 is 0 Å². The van der Waals surface area contributed by atoms with Crippen molar-refractivity contribution in [2.75, 3.05) is 13.6 Å². The monoisotopic (exact) mass is 364 g/mol. The standard InChI is InChI=1S/C12H17BrN2O2S2/c1-5-6-15(4)19(16,17)11-7-10(18-12(11)13)8-14-9(2)3/h1,7,9,14H,6,8H2,2-4H3. The number of nitrogens with one attached hydrogen (secondary N) is 1. The molecule has 0 aromatic carbocycles. The van der Waals surface area contributed by atoms with E-state index in [1.807, 2.05) is 13.8 Å². The van der Waals surface area contributed by atoms with Crippen molar-refractivity contribution in [1.29, 1.82) is 0 Å². The predicted octanol–water partition coefficient (Wildman–Crippen LogP) is 2.26. The summed E-state index contributed by atoms with van der Waals surface area (Å²) in [6, 6.07) is 2.04. The van der Waals surface area contributed by atoms with Crippen molar-refractivity contribution < 1.29 is 8.42 Å². The minimum atomic E-state index is -3.52. The van der Waals surface area contributed by atoms with E-state index < -0.39 is 10.0 Å². The molecule has 0 aliphatic carbocycles. The summed E-state index contributed by atoms with van der Waals surface area (Å²) in [5, 5.41) is 3.26. The summed E-state index contributed by atoms with van der Waals surface area (Å²) >= 11 is 4.73. The summed E-state index contributed by atoms with van der Waals surface area (Å²) in [5.74, 6) is 2.33. The van der Waals surface area contributed by atoms with Gasteiger partial charge in [-0.2, -0.15) is 4.31 Å². The maximum Gasteiger partial charge on any atom is 0.245 e. The molecule has 19 heavy (non-hydrogen) atoms. The Hall–Kier alpha value is -0.390. The van der Waals surface area contributed by atoms with Gasteiger partial charge in [0.25, 0.3) is 0 Å². The van der Waals surface area contributed by atoms with Crippen LogP contribution in [0.25, 0.3) is 0 Å². The Morgan fingerprint density at radius 2 is 2.21 bits per heavy atom. The molecule has 0 atom stereocenters. The zero-order chi connectivity index (χ0) is 14.6. The minimum Gasteiger partial charge on any atom is -0.310 e. The fourth-order valence-electron chi connectivity index (χ4n) is 1.35. The third-order valence-electron chi connectivity index (χ3n) is 2.39. The van der Waals surface area contributed by atoms with Crippen LogP contribution < -0.4 is 5.32 Å². The van der Waals surface area contributed by atoms with Gasteiger partial charge in [-0.1, -0.05) is 19.8 Å². The summed E-state index contributed by atoms with van der Waals surface area (Å²) in [4.78, 5) is 1.24. The first-order valence-electron chi connectivity index (χ1n) is 5.70. The molecule has 1 heterocycles. The van der Waals surface area contributed by atoms with Crippen LogP contribution in [0.5, 0.6) is 0 Å². The lowest BCUT2D eigenvalue weighted by Gasteiger charge is -2.13. The van der Waals surface area contributed by atoms with Gasteiger partial charge in [-0.3, -0.25) is 0 Å². The summed E-state index contributed by atoms with van der Waals surface area (Å²) in [6.07, 6.45) is 5.15. The quantitative estimate of drug-likeness (QED) is 0.787. The van der Waals surface area contributed by atoms with Gasteiger partial charge in [0, 0.05) is 24.5 Å². The average Bonchev–Trinajstić information content (AvgIpc) is 2.69. The highest BCUT2D eigenvalue weighted by Crippen LogP contribution is 2.33. The highest BCUT2D eigenvalue weighted by Gasteiger charge is 2.25. The molecule has 1 aromatic rings. The van der Waals surface area contributed by atoms with Crippen LogP contribution in [0.1, 0.15) is 18.7 Å². The van der Waals surface area contributed by atoms with Gasteiger partial charge < -0.3 is 5.32 Å². The van der Waals surface area contributed by atoms with Crippen LogP contribution in [-0.4, -0.2) is 32.4 Å². The molecular weight excluding hydrogens is 348 g/mol. The predicted molar refractivity (Wildman–Crippen MR) is 82.6 cm³/mol. The van der Waals surface area contributed by atoms with E-state index in [4.69, 9.17) is 6.42 Å². The van der Waals surface area contributed by atoms with Crippen LogP contribution in [0.3, 0.4) is 0 Å². The highest BCUT2D eigenvalue weighted by molar-refractivity contribution is 9.11. The summed E-state index contributed by atoms with van der Waals surface area (Å²) in [5.41, 5.74) is 0. The Balaban J connectivity index is 2.99. The number of sulfonamides is 1. The zero-order valence-corrected chi connectivity index (χ0v) is 14.3. The molecule has 0 unspecified atom stereocenters. The molecule has 0 saturated carbocycles. The molecule has 0 amide bonds. The van der Waals surface area contributed by atoms with Gasteiger partial charge in [0.2, 0.25) is 10.0 Å². The second-order valence-electron chi connectivity index (χ2n) is 4.35. The molecule has 0 aliphatic heterocycles. The van der Waals surface area contributed by atoms with Crippen LogP contribution in [0.4, 0.5) is 0 Å². The molecule has 0 spiro atoms. The van der Waals surface area contributed by atoms with Crippen LogP contribution in [0.15, 0.2) is 14.7 Å². The largest absolute Gasteiger partial charge is 0.310 e. The third kappa shape index (κ3) is 4.29. The molecular formula is C12H17BrN2O2S2.